The zero-order valence-corrected chi connectivity index (χ0v) is 20.4. The Balaban J connectivity index is 0.000000207. The van der Waals surface area contributed by atoms with Gasteiger partial charge >= 0.3 is 0 Å². The van der Waals surface area contributed by atoms with Gasteiger partial charge in [0, 0.05) is 38.3 Å². The first-order chi connectivity index (χ1) is 16.9. The minimum absolute atomic E-state index is 0.0312. The van der Waals surface area contributed by atoms with Crippen LogP contribution in [0.3, 0.4) is 0 Å². The lowest BCUT2D eigenvalue weighted by Gasteiger charge is -2.29. The molecule has 13 heteroatoms. The first kappa shape index (κ1) is 28.1. The van der Waals surface area contributed by atoms with Crippen LogP contribution in [0.4, 0.5) is 17.1 Å². The average molecular weight is 513 g/mol. The van der Waals surface area contributed by atoms with Crippen LogP contribution in [0.5, 0.6) is 11.5 Å². The van der Waals surface area contributed by atoms with Crippen molar-refractivity contribution in [2.24, 2.45) is 0 Å². The topological polar surface area (TPSA) is 138 Å². The summed E-state index contributed by atoms with van der Waals surface area (Å²) in [5, 5.41) is 24.5. The molecular formula is C22H29ClN4O8. The van der Waals surface area contributed by atoms with Gasteiger partial charge in [-0.05, 0) is 12.1 Å². The molecule has 0 aromatic heterocycles. The maximum atomic E-state index is 10.7. The number of nitrogens with zero attached hydrogens (tertiary/aromatic N) is 3. The molecule has 2 aliphatic heterocycles. The van der Waals surface area contributed by atoms with Crippen molar-refractivity contribution in [2.75, 3.05) is 71.7 Å². The lowest BCUT2D eigenvalue weighted by atomic mass is 10.2. The molecule has 2 saturated heterocycles. The van der Waals surface area contributed by atoms with Gasteiger partial charge in [-0.25, -0.2) is 0 Å². The third kappa shape index (κ3) is 9.17. The second kappa shape index (κ2) is 14.9. The van der Waals surface area contributed by atoms with Crippen molar-refractivity contribution >= 4 is 28.7 Å². The van der Waals surface area contributed by atoms with Gasteiger partial charge in [-0.2, -0.15) is 0 Å². The number of benzene rings is 2. The number of nitro benzene ring substituents is 2. The zero-order valence-electron chi connectivity index (χ0n) is 19.6. The fraction of sp³-hybridized carbons (Fsp3) is 0.455. The summed E-state index contributed by atoms with van der Waals surface area (Å²) < 4.78 is 20.3. The standard InChI is InChI=1S/C11H14N2O4.C7H6ClNO3.C4H9NO/c1-16-11-8-9(13(14)15)2-3-10(11)12-4-6-17-7-5-12;1-12-7-4-5(9(10)11)2-3-6(7)8;1-3-6-4-2-5-1/h2-3,8H,4-7H2,1H3;2-4H,1H3;5H,1-4H2. The Kier molecular flexibility index (Phi) is 12.0. The number of non-ortho nitro benzene ring substituents is 2. The molecular weight excluding hydrogens is 484 g/mol. The number of hydrogen-bond acceptors (Lipinski definition) is 10. The first-order valence-electron chi connectivity index (χ1n) is 10.8. The molecule has 0 radical (unpaired) electrons. The Labute approximate surface area is 208 Å². The second-order valence-electron chi connectivity index (χ2n) is 7.15. The Bertz CT molecular complexity index is 957. The highest BCUT2D eigenvalue weighted by atomic mass is 35.5. The van der Waals surface area contributed by atoms with E-state index in [-0.39, 0.29) is 11.4 Å². The third-order valence-electron chi connectivity index (χ3n) is 4.92. The smallest absolute Gasteiger partial charge is 0.273 e. The summed E-state index contributed by atoms with van der Waals surface area (Å²) in [5.41, 5.74) is 0.886. The summed E-state index contributed by atoms with van der Waals surface area (Å²) in [6.07, 6.45) is 0. The van der Waals surface area contributed by atoms with Gasteiger partial charge in [-0.15, -0.1) is 0 Å². The van der Waals surface area contributed by atoms with Crippen LogP contribution in [0.2, 0.25) is 5.02 Å². The monoisotopic (exact) mass is 512 g/mol. The van der Waals surface area contributed by atoms with Crippen molar-refractivity contribution in [2.45, 2.75) is 0 Å². The van der Waals surface area contributed by atoms with Crippen LogP contribution in [0.25, 0.3) is 0 Å². The minimum atomic E-state index is -0.501. The van der Waals surface area contributed by atoms with E-state index in [2.05, 4.69) is 10.2 Å². The third-order valence-corrected chi connectivity index (χ3v) is 5.23. The number of anilines is 1. The predicted molar refractivity (Wildman–Crippen MR) is 131 cm³/mol. The molecule has 2 aromatic rings. The lowest BCUT2D eigenvalue weighted by Crippen LogP contribution is -2.36. The number of ether oxygens (including phenoxy) is 4. The summed E-state index contributed by atoms with van der Waals surface area (Å²) in [7, 11) is 2.92. The Morgan fingerprint density at radius 2 is 1.37 bits per heavy atom. The van der Waals surface area contributed by atoms with E-state index in [4.69, 9.17) is 30.5 Å². The van der Waals surface area contributed by atoms with E-state index in [1.54, 1.807) is 6.07 Å². The van der Waals surface area contributed by atoms with E-state index in [1.807, 2.05) is 0 Å². The van der Waals surface area contributed by atoms with E-state index in [0.29, 0.717) is 29.7 Å². The van der Waals surface area contributed by atoms with Crippen LogP contribution in [-0.2, 0) is 9.47 Å². The lowest BCUT2D eigenvalue weighted by molar-refractivity contribution is -0.385. The molecule has 0 aliphatic carbocycles. The van der Waals surface area contributed by atoms with Gasteiger partial charge in [0.1, 0.15) is 11.5 Å². The summed E-state index contributed by atoms with van der Waals surface area (Å²) in [6, 6.07) is 8.70. The number of hydrogen-bond donors (Lipinski definition) is 1. The number of methoxy groups -OCH3 is 2. The van der Waals surface area contributed by atoms with Gasteiger partial charge in [-0.1, -0.05) is 11.6 Å². The molecule has 0 spiro atoms. The summed E-state index contributed by atoms with van der Waals surface area (Å²) >= 11 is 5.65. The fourth-order valence-corrected chi connectivity index (χ4v) is 3.32. The maximum Gasteiger partial charge on any atom is 0.273 e. The largest absolute Gasteiger partial charge is 0.495 e. The molecule has 12 nitrogen and oxygen atoms in total. The van der Waals surface area contributed by atoms with Crippen molar-refractivity contribution in [3.8, 4) is 11.5 Å². The summed E-state index contributed by atoms with van der Waals surface area (Å²) in [6.45, 7) is 6.71. The van der Waals surface area contributed by atoms with Crippen LogP contribution in [0.1, 0.15) is 0 Å². The molecule has 4 rings (SSSR count). The van der Waals surface area contributed by atoms with Gasteiger partial charge in [0.2, 0.25) is 0 Å². The van der Waals surface area contributed by atoms with Gasteiger partial charge in [0.05, 0.1) is 73.3 Å². The zero-order chi connectivity index (χ0) is 25.6. The second-order valence-corrected chi connectivity index (χ2v) is 7.56. The Morgan fingerprint density at radius 1 is 0.857 bits per heavy atom. The minimum Gasteiger partial charge on any atom is -0.495 e. The van der Waals surface area contributed by atoms with Crippen molar-refractivity contribution in [1.29, 1.82) is 0 Å². The summed E-state index contributed by atoms with van der Waals surface area (Å²) in [5.74, 6) is 0.840. The van der Waals surface area contributed by atoms with Gasteiger partial charge in [0.25, 0.3) is 11.4 Å². The number of halogens is 1. The van der Waals surface area contributed by atoms with E-state index < -0.39 is 9.85 Å². The molecule has 2 aromatic carbocycles. The van der Waals surface area contributed by atoms with E-state index in [1.165, 1.54) is 44.6 Å². The fourth-order valence-electron chi connectivity index (χ4n) is 3.12. The summed E-state index contributed by atoms with van der Waals surface area (Å²) in [4.78, 5) is 22.1. The quantitative estimate of drug-likeness (QED) is 0.468. The van der Waals surface area contributed by atoms with Gasteiger partial charge in [0.15, 0.2) is 0 Å². The highest BCUT2D eigenvalue weighted by Gasteiger charge is 2.18. The Hall–Kier alpha value is -3.19. The van der Waals surface area contributed by atoms with E-state index in [9.17, 15) is 20.2 Å². The molecule has 0 atom stereocenters. The predicted octanol–water partition coefficient (Wildman–Crippen LogP) is 3.30. The van der Waals surface area contributed by atoms with Crippen LogP contribution in [0, 0.1) is 20.2 Å². The molecule has 0 amide bonds. The highest BCUT2D eigenvalue weighted by Crippen LogP contribution is 2.32. The first-order valence-corrected chi connectivity index (χ1v) is 11.2. The number of nitro groups is 2. The van der Waals surface area contributed by atoms with Gasteiger partial charge in [-0.3, -0.25) is 20.2 Å². The molecule has 0 unspecified atom stereocenters. The molecule has 192 valence electrons. The Morgan fingerprint density at radius 3 is 1.83 bits per heavy atom. The molecule has 2 heterocycles. The molecule has 0 saturated carbocycles. The number of morpholine rings is 2. The van der Waals surface area contributed by atoms with Crippen LogP contribution in [0.15, 0.2) is 36.4 Å². The van der Waals surface area contributed by atoms with Gasteiger partial charge < -0.3 is 29.2 Å². The molecule has 2 fully saturated rings. The van der Waals surface area contributed by atoms with Crippen LogP contribution < -0.4 is 19.7 Å². The van der Waals surface area contributed by atoms with Crippen LogP contribution >= 0.6 is 11.6 Å². The van der Waals surface area contributed by atoms with E-state index in [0.717, 1.165) is 45.1 Å². The van der Waals surface area contributed by atoms with E-state index >= 15 is 0 Å². The van der Waals surface area contributed by atoms with Crippen LogP contribution in [-0.4, -0.2) is 76.7 Å². The SMILES string of the molecule is C1COCCN1.COc1cc([N+](=O)[O-])ccc1Cl.COc1cc([N+](=O)[O-])ccc1N1CCOCC1. The number of nitrogens with one attached hydrogen (secondary N) is 1. The molecule has 1 N–H and O–H groups in total. The average Bonchev–Trinajstić information content (AvgIpc) is 2.90. The molecule has 35 heavy (non-hydrogen) atoms. The normalized spacial score (nSPS) is 15.0. The maximum absolute atomic E-state index is 10.7. The van der Waals surface area contributed by atoms with Crippen molar-refractivity contribution in [3.05, 3.63) is 61.6 Å². The number of rotatable bonds is 5. The van der Waals surface area contributed by atoms with Crippen molar-refractivity contribution in [1.82, 2.24) is 5.32 Å². The molecule has 0 bridgehead atoms. The van der Waals surface area contributed by atoms with Crippen molar-refractivity contribution in [3.63, 3.8) is 0 Å². The van der Waals surface area contributed by atoms with Crippen molar-refractivity contribution < 1.29 is 28.8 Å². The highest BCUT2D eigenvalue weighted by molar-refractivity contribution is 6.32. The molecule has 2 aliphatic rings.